The van der Waals surface area contributed by atoms with Gasteiger partial charge in [-0.2, -0.15) is 0 Å². The summed E-state index contributed by atoms with van der Waals surface area (Å²) < 4.78 is 0. The molecule has 1 heterocycles. The Kier molecular flexibility index (Phi) is 10.8. The fourth-order valence-corrected chi connectivity index (χ4v) is 13.9. The molecule has 0 aromatic heterocycles. The number of allylic oxidation sites excluding steroid dienone is 2. The van der Waals surface area contributed by atoms with Crippen molar-refractivity contribution in [1.82, 2.24) is 0 Å². The molecule has 12 aromatic carbocycles. The van der Waals surface area contributed by atoms with Crippen molar-refractivity contribution in [2.45, 2.75) is 49.6 Å². The van der Waals surface area contributed by atoms with Crippen molar-refractivity contribution in [1.29, 1.82) is 0 Å². The van der Waals surface area contributed by atoms with Crippen LogP contribution in [-0.4, -0.2) is 12.1 Å². The monoisotopic (exact) mass is 972 g/mol. The first-order valence-electron chi connectivity index (χ1n) is 27.4. The Balaban J connectivity index is 0.893. The van der Waals surface area contributed by atoms with Gasteiger partial charge >= 0.3 is 0 Å². The van der Waals surface area contributed by atoms with Gasteiger partial charge in [0.15, 0.2) is 0 Å². The van der Waals surface area contributed by atoms with Crippen LogP contribution in [0.2, 0.25) is 0 Å². The fraction of sp³-hybridized carbons (Fsp3) is 0.108. The lowest BCUT2D eigenvalue weighted by Gasteiger charge is -2.38. The molecule has 12 aromatic rings. The smallest absolute Gasteiger partial charge is 0.0576 e. The minimum absolute atomic E-state index is 0.109. The molecular formula is C74H56N2. The van der Waals surface area contributed by atoms with Crippen molar-refractivity contribution in [3.63, 3.8) is 0 Å². The largest absolute Gasteiger partial charge is 0.338 e. The third-order valence-electron chi connectivity index (χ3n) is 17.3. The summed E-state index contributed by atoms with van der Waals surface area (Å²) in [5.74, 6) is 0.987. The molecule has 0 saturated heterocycles. The summed E-state index contributed by atoms with van der Waals surface area (Å²) in [6.45, 7) is 0. The van der Waals surface area contributed by atoms with Crippen molar-refractivity contribution in [2.24, 2.45) is 0 Å². The van der Waals surface area contributed by atoms with Crippen LogP contribution in [0.5, 0.6) is 0 Å². The Morgan fingerprint density at radius 1 is 0.408 bits per heavy atom. The van der Waals surface area contributed by atoms with Gasteiger partial charge in [-0.1, -0.05) is 224 Å². The lowest BCUT2D eigenvalue weighted by atomic mass is 9.73. The summed E-state index contributed by atoms with van der Waals surface area (Å²) >= 11 is 0. The predicted octanol–water partition coefficient (Wildman–Crippen LogP) is 20.0. The maximum absolute atomic E-state index is 2.70. The second-order valence-corrected chi connectivity index (χ2v) is 21.3. The Hall–Kier alpha value is -8.98. The van der Waals surface area contributed by atoms with E-state index in [9.17, 15) is 0 Å². The molecule has 0 radical (unpaired) electrons. The number of rotatable bonds is 8. The lowest BCUT2D eigenvalue weighted by Crippen LogP contribution is -2.34. The molecule has 1 aliphatic heterocycles. The van der Waals surface area contributed by atoms with Crippen molar-refractivity contribution in [3.8, 4) is 33.4 Å². The Labute approximate surface area is 445 Å². The van der Waals surface area contributed by atoms with Crippen LogP contribution in [-0.2, 0) is 0 Å². The Morgan fingerprint density at radius 2 is 0.961 bits per heavy atom. The van der Waals surface area contributed by atoms with Crippen LogP contribution in [0.15, 0.2) is 267 Å². The summed E-state index contributed by atoms with van der Waals surface area (Å²) in [7, 11) is 0. The maximum Gasteiger partial charge on any atom is 0.0576 e. The third-order valence-corrected chi connectivity index (χ3v) is 17.3. The average molecular weight is 973 g/mol. The van der Waals surface area contributed by atoms with E-state index < -0.39 is 0 Å². The first-order chi connectivity index (χ1) is 37.7. The van der Waals surface area contributed by atoms with Gasteiger partial charge in [-0.25, -0.2) is 0 Å². The van der Waals surface area contributed by atoms with Crippen molar-refractivity contribution in [3.05, 3.63) is 278 Å². The van der Waals surface area contributed by atoms with Crippen molar-refractivity contribution in [2.75, 3.05) is 9.80 Å². The van der Waals surface area contributed by atoms with Crippen LogP contribution in [0, 0.1) is 0 Å². The molecule has 76 heavy (non-hydrogen) atoms. The highest BCUT2D eigenvalue weighted by molar-refractivity contribution is 6.30. The molecule has 1 saturated carbocycles. The number of anilines is 4. The quantitative estimate of drug-likeness (QED) is 0.140. The SMILES string of the molecule is C1=CCC(N(c2ccc(N3c4ccc(-c5ccccc5)cc4C4CC(c5ccccc5)CCC43)cc2)c2c3ccccc3c(-c3c4ccccc4c(-c4ccc5ccccc5c4)c4ccccc34)c3ccccc23)C=C1. The van der Waals surface area contributed by atoms with Gasteiger partial charge in [0, 0.05) is 39.8 Å². The first-order valence-corrected chi connectivity index (χ1v) is 27.4. The molecular weight excluding hydrogens is 917 g/mol. The minimum atomic E-state index is 0.109. The van der Waals surface area contributed by atoms with Gasteiger partial charge in [-0.05, 0) is 162 Å². The van der Waals surface area contributed by atoms with Crippen LogP contribution in [0.4, 0.5) is 22.7 Å². The summed E-state index contributed by atoms with van der Waals surface area (Å²) in [6.07, 6.45) is 13.6. The lowest BCUT2D eigenvalue weighted by molar-refractivity contribution is 0.361. The molecule has 15 rings (SSSR count). The Morgan fingerprint density at radius 3 is 1.59 bits per heavy atom. The molecule has 3 aliphatic rings. The summed E-state index contributed by atoms with van der Waals surface area (Å²) in [6, 6.07) is 91.9. The molecule has 2 aliphatic carbocycles. The molecule has 0 N–H and O–H groups in total. The van der Waals surface area contributed by atoms with E-state index in [0.29, 0.717) is 17.9 Å². The van der Waals surface area contributed by atoms with E-state index in [-0.39, 0.29) is 6.04 Å². The normalized spacial score (nSPS) is 17.9. The second-order valence-electron chi connectivity index (χ2n) is 21.3. The van der Waals surface area contributed by atoms with Gasteiger partial charge in [-0.3, -0.25) is 0 Å². The van der Waals surface area contributed by atoms with E-state index in [2.05, 4.69) is 277 Å². The van der Waals surface area contributed by atoms with Gasteiger partial charge in [-0.15, -0.1) is 0 Å². The molecule has 4 atom stereocenters. The number of fused-ring (bicyclic) bond motifs is 8. The molecule has 2 nitrogen and oxygen atoms in total. The van der Waals surface area contributed by atoms with Crippen LogP contribution in [0.25, 0.3) is 87.2 Å². The molecule has 0 bridgehead atoms. The van der Waals surface area contributed by atoms with E-state index in [0.717, 1.165) is 19.3 Å². The predicted molar refractivity (Wildman–Crippen MR) is 324 cm³/mol. The molecule has 2 heteroatoms. The zero-order chi connectivity index (χ0) is 50.1. The van der Waals surface area contributed by atoms with Crippen LogP contribution in [0.3, 0.4) is 0 Å². The molecule has 4 unspecified atom stereocenters. The molecule has 1 fully saturated rings. The Bertz CT molecular complexity index is 4150. The van der Waals surface area contributed by atoms with E-state index in [1.165, 1.54) is 128 Å². The highest BCUT2D eigenvalue weighted by Gasteiger charge is 2.43. The standard InChI is InChI=1S/C74H56N2/c1-4-20-49(21-5-1)53-38-44-69-67(47-53)68-48-54(50-22-6-2-7-23-50)39-45-70(68)76(69)58-42-40-57(41-43-58)75(56-26-8-3-9-27-56)74-65-34-18-16-32-63(65)73(64-33-17-19-35-66(64)74)72-61-30-14-12-28-59(61)71(60-29-13-15-31-62(60)72)55-37-36-51-24-10-11-25-52(51)46-55/h1-26,28-38,40-44,46-47,54,56,68,70H,27,39,45,48H2. The number of nitrogens with zero attached hydrogens (tertiary/aromatic N) is 2. The topological polar surface area (TPSA) is 6.48 Å². The zero-order valence-corrected chi connectivity index (χ0v) is 42.4. The van der Waals surface area contributed by atoms with Gasteiger partial charge in [0.25, 0.3) is 0 Å². The van der Waals surface area contributed by atoms with Crippen LogP contribution >= 0.6 is 0 Å². The fourth-order valence-electron chi connectivity index (χ4n) is 13.9. The van der Waals surface area contributed by atoms with Crippen LogP contribution < -0.4 is 9.80 Å². The van der Waals surface area contributed by atoms with Crippen molar-refractivity contribution >= 4 is 76.6 Å². The third kappa shape index (κ3) is 7.30. The van der Waals surface area contributed by atoms with Gasteiger partial charge in [0.05, 0.1) is 11.7 Å². The van der Waals surface area contributed by atoms with E-state index in [1.54, 1.807) is 0 Å². The molecule has 362 valence electrons. The van der Waals surface area contributed by atoms with Gasteiger partial charge < -0.3 is 9.80 Å². The number of hydrogen-bond acceptors (Lipinski definition) is 2. The number of hydrogen-bond donors (Lipinski definition) is 0. The zero-order valence-electron chi connectivity index (χ0n) is 42.4. The van der Waals surface area contributed by atoms with Crippen LogP contribution in [0.1, 0.15) is 48.6 Å². The molecule has 0 amide bonds. The molecule has 0 spiro atoms. The van der Waals surface area contributed by atoms with Gasteiger partial charge in [0.1, 0.15) is 0 Å². The van der Waals surface area contributed by atoms with Gasteiger partial charge in [0.2, 0.25) is 0 Å². The van der Waals surface area contributed by atoms with E-state index in [4.69, 9.17) is 0 Å². The summed E-state index contributed by atoms with van der Waals surface area (Å²) in [5, 5.41) is 12.5. The van der Waals surface area contributed by atoms with Crippen molar-refractivity contribution < 1.29 is 0 Å². The van der Waals surface area contributed by atoms with E-state index in [1.807, 2.05) is 0 Å². The summed E-state index contributed by atoms with van der Waals surface area (Å²) in [4.78, 5) is 5.35. The minimum Gasteiger partial charge on any atom is -0.338 e. The second kappa shape index (κ2) is 18.4. The highest BCUT2D eigenvalue weighted by atomic mass is 15.2. The maximum atomic E-state index is 2.70. The summed E-state index contributed by atoms with van der Waals surface area (Å²) in [5.41, 5.74) is 15.7. The van der Waals surface area contributed by atoms with E-state index >= 15 is 0 Å². The number of benzene rings is 12. The highest BCUT2D eigenvalue weighted by Crippen LogP contribution is 2.56. The first kappa shape index (κ1) is 44.5. The average Bonchev–Trinajstić information content (AvgIpc) is 3.95.